The van der Waals surface area contributed by atoms with Crippen LogP contribution in [0.4, 0.5) is 5.69 Å². The molecule has 0 amide bonds. The van der Waals surface area contributed by atoms with E-state index in [0.29, 0.717) is 0 Å². The largest absolute Gasteiger partial charge is 0.404 e. The average molecular weight is 177 g/mol. The SMILES string of the molecule is CNC/C(=C\N)c1ccc(N)cc1. The van der Waals surface area contributed by atoms with E-state index in [1.807, 2.05) is 31.3 Å². The highest BCUT2D eigenvalue weighted by molar-refractivity contribution is 5.67. The van der Waals surface area contributed by atoms with Crippen molar-refractivity contribution in [2.45, 2.75) is 0 Å². The van der Waals surface area contributed by atoms with Crippen molar-refractivity contribution in [3.63, 3.8) is 0 Å². The molecule has 70 valence electrons. The van der Waals surface area contributed by atoms with Gasteiger partial charge in [-0.15, -0.1) is 0 Å². The van der Waals surface area contributed by atoms with E-state index in [-0.39, 0.29) is 0 Å². The van der Waals surface area contributed by atoms with E-state index >= 15 is 0 Å². The summed E-state index contributed by atoms with van der Waals surface area (Å²) in [5, 5.41) is 3.05. The van der Waals surface area contributed by atoms with Gasteiger partial charge in [-0.2, -0.15) is 0 Å². The zero-order valence-electron chi connectivity index (χ0n) is 7.75. The third-order valence-corrected chi connectivity index (χ3v) is 1.85. The molecule has 1 aromatic carbocycles. The number of anilines is 1. The van der Waals surface area contributed by atoms with Crippen LogP contribution < -0.4 is 16.8 Å². The molecular formula is C10H15N3. The molecule has 1 rings (SSSR count). The van der Waals surface area contributed by atoms with Gasteiger partial charge in [0.2, 0.25) is 0 Å². The van der Waals surface area contributed by atoms with Crippen LogP contribution in [-0.4, -0.2) is 13.6 Å². The maximum Gasteiger partial charge on any atom is 0.0314 e. The van der Waals surface area contributed by atoms with Crippen molar-refractivity contribution in [3.05, 3.63) is 36.0 Å². The van der Waals surface area contributed by atoms with Crippen LogP contribution in [0.1, 0.15) is 5.56 Å². The molecule has 1 aromatic rings. The summed E-state index contributed by atoms with van der Waals surface area (Å²) >= 11 is 0. The molecule has 0 saturated heterocycles. The molecule has 13 heavy (non-hydrogen) atoms. The Morgan fingerprint density at radius 2 is 2.00 bits per heavy atom. The first-order chi connectivity index (χ1) is 6.27. The van der Waals surface area contributed by atoms with E-state index in [0.717, 1.165) is 23.4 Å². The Kier molecular flexibility index (Phi) is 3.34. The minimum atomic E-state index is 0.764. The van der Waals surface area contributed by atoms with Crippen LogP contribution in [0.5, 0.6) is 0 Å². The first-order valence-electron chi connectivity index (χ1n) is 4.19. The molecule has 0 atom stereocenters. The first kappa shape index (κ1) is 9.61. The maximum atomic E-state index is 5.58. The standard InChI is InChI=1S/C10H15N3/c1-13-7-9(6-11)8-2-4-10(12)5-3-8/h2-6,13H,7,11-12H2,1H3/b9-6+. The van der Waals surface area contributed by atoms with Crippen LogP contribution in [0.2, 0.25) is 0 Å². The quantitative estimate of drug-likeness (QED) is 0.598. The summed E-state index contributed by atoms with van der Waals surface area (Å²) in [6.07, 6.45) is 1.61. The zero-order chi connectivity index (χ0) is 9.68. The van der Waals surface area contributed by atoms with Gasteiger partial charge in [0.15, 0.2) is 0 Å². The van der Waals surface area contributed by atoms with Gasteiger partial charge in [0.1, 0.15) is 0 Å². The van der Waals surface area contributed by atoms with Crippen LogP contribution in [0.3, 0.4) is 0 Å². The number of rotatable bonds is 3. The van der Waals surface area contributed by atoms with Gasteiger partial charge in [-0.05, 0) is 36.5 Å². The number of nitrogens with one attached hydrogen (secondary N) is 1. The zero-order valence-corrected chi connectivity index (χ0v) is 7.75. The lowest BCUT2D eigenvalue weighted by Crippen LogP contribution is -2.10. The number of nitrogen functional groups attached to an aromatic ring is 1. The van der Waals surface area contributed by atoms with Gasteiger partial charge in [-0.3, -0.25) is 0 Å². The minimum absolute atomic E-state index is 0.764. The van der Waals surface area contributed by atoms with E-state index in [1.54, 1.807) is 6.20 Å². The van der Waals surface area contributed by atoms with Crippen molar-refractivity contribution < 1.29 is 0 Å². The summed E-state index contributed by atoms with van der Waals surface area (Å²) in [6, 6.07) is 7.67. The number of hydrogen-bond donors (Lipinski definition) is 3. The highest BCUT2D eigenvalue weighted by atomic mass is 14.8. The van der Waals surface area contributed by atoms with Crippen molar-refractivity contribution >= 4 is 11.3 Å². The van der Waals surface area contributed by atoms with E-state index < -0.39 is 0 Å². The summed E-state index contributed by atoms with van der Waals surface area (Å²) in [5.74, 6) is 0. The van der Waals surface area contributed by atoms with Crippen molar-refractivity contribution in [1.29, 1.82) is 0 Å². The average Bonchev–Trinajstić information content (AvgIpc) is 2.16. The Hall–Kier alpha value is -1.48. The molecular weight excluding hydrogens is 162 g/mol. The fourth-order valence-electron chi connectivity index (χ4n) is 1.14. The molecule has 0 heterocycles. The Balaban J connectivity index is 2.87. The molecule has 0 radical (unpaired) electrons. The molecule has 5 N–H and O–H groups in total. The van der Waals surface area contributed by atoms with Crippen LogP contribution in [0, 0.1) is 0 Å². The van der Waals surface area contributed by atoms with Crippen molar-refractivity contribution in [2.75, 3.05) is 19.3 Å². The van der Waals surface area contributed by atoms with Crippen molar-refractivity contribution in [3.8, 4) is 0 Å². The molecule has 0 spiro atoms. The molecule has 0 aliphatic carbocycles. The summed E-state index contributed by atoms with van der Waals surface area (Å²) in [7, 11) is 1.89. The Morgan fingerprint density at radius 1 is 1.38 bits per heavy atom. The third-order valence-electron chi connectivity index (χ3n) is 1.85. The second-order valence-corrected chi connectivity index (χ2v) is 2.84. The first-order valence-corrected chi connectivity index (χ1v) is 4.19. The van der Waals surface area contributed by atoms with Crippen LogP contribution in [-0.2, 0) is 0 Å². The van der Waals surface area contributed by atoms with E-state index in [2.05, 4.69) is 5.32 Å². The second kappa shape index (κ2) is 4.52. The van der Waals surface area contributed by atoms with Gasteiger partial charge in [0.05, 0.1) is 0 Å². The monoisotopic (exact) mass is 177 g/mol. The lowest BCUT2D eigenvalue weighted by atomic mass is 10.1. The van der Waals surface area contributed by atoms with Gasteiger partial charge < -0.3 is 16.8 Å². The summed E-state index contributed by atoms with van der Waals surface area (Å²) in [6.45, 7) is 0.764. The van der Waals surface area contributed by atoms with Crippen molar-refractivity contribution in [1.82, 2.24) is 5.32 Å². The molecule has 0 saturated carbocycles. The van der Waals surface area contributed by atoms with Crippen LogP contribution in [0.15, 0.2) is 30.5 Å². The normalized spacial score (nSPS) is 11.6. The number of nitrogens with two attached hydrogens (primary N) is 2. The number of hydrogen-bond acceptors (Lipinski definition) is 3. The third kappa shape index (κ3) is 2.49. The van der Waals surface area contributed by atoms with Gasteiger partial charge in [-0.25, -0.2) is 0 Å². The van der Waals surface area contributed by atoms with E-state index in [9.17, 15) is 0 Å². The molecule has 0 unspecified atom stereocenters. The van der Waals surface area contributed by atoms with E-state index in [1.165, 1.54) is 0 Å². The highest BCUT2D eigenvalue weighted by Gasteiger charge is 1.98. The fourth-order valence-corrected chi connectivity index (χ4v) is 1.14. The topological polar surface area (TPSA) is 64.1 Å². The Morgan fingerprint density at radius 3 is 2.46 bits per heavy atom. The van der Waals surface area contributed by atoms with Gasteiger partial charge in [-0.1, -0.05) is 12.1 Å². The second-order valence-electron chi connectivity index (χ2n) is 2.84. The predicted molar refractivity (Wildman–Crippen MR) is 56.9 cm³/mol. The van der Waals surface area contributed by atoms with Crippen LogP contribution in [0.25, 0.3) is 5.57 Å². The molecule has 0 aliphatic rings. The predicted octanol–water partition coefficient (Wildman–Crippen LogP) is 0.788. The summed E-state index contributed by atoms with van der Waals surface area (Å²) < 4.78 is 0. The smallest absolute Gasteiger partial charge is 0.0314 e. The minimum Gasteiger partial charge on any atom is -0.404 e. The number of benzene rings is 1. The highest BCUT2D eigenvalue weighted by Crippen LogP contribution is 2.14. The fraction of sp³-hybridized carbons (Fsp3) is 0.200. The van der Waals surface area contributed by atoms with Gasteiger partial charge in [0.25, 0.3) is 0 Å². The lowest BCUT2D eigenvalue weighted by molar-refractivity contribution is 0.930. The summed E-state index contributed by atoms with van der Waals surface area (Å²) in [4.78, 5) is 0. The summed E-state index contributed by atoms with van der Waals surface area (Å²) in [5.41, 5.74) is 14.0. The Bertz CT molecular complexity index is 288. The van der Waals surface area contributed by atoms with Gasteiger partial charge >= 0.3 is 0 Å². The molecule has 3 heteroatoms. The maximum absolute atomic E-state index is 5.58. The van der Waals surface area contributed by atoms with E-state index in [4.69, 9.17) is 11.5 Å². The Labute approximate surface area is 78.4 Å². The van der Waals surface area contributed by atoms with Crippen molar-refractivity contribution in [2.24, 2.45) is 5.73 Å². The molecule has 3 nitrogen and oxygen atoms in total. The van der Waals surface area contributed by atoms with Crippen LogP contribution >= 0.6 is 0 Å². The van der Waals surface area contributed by atoms with Gasteiger partial charge in [0, 0.05) is 12.2 Å². The lowest BCUT2D eigenvalue weighted by Gasteiger charge is -2.05. The molecule has 0 bridgehead atoms. The number of likely N-dealkylation sites (N-methyl/N-ethyl adjacent to an activating group) is 1. The molecule has 0 fully saturated rings. The molecule has 0 aliphatic heterocycles. The molecule has 0 aromatic heterocycles.